The molecule has 0 fully saturated rings. The van der Waals surface area contributed by atoms with Crippen LogP contribution in [0, 0.1) is 13.8 Å². The van der Waals surface area contributed by atoms with Gasteiger partial charge in [-0.05, 0) is 25.5 Å². The third-order valence-corrected chi connectivity index (χ3v) is 3.82. The molecule has 0 spiro atoms. The number of benzene rings is 1. The highest BCUT2D eigenvalue weighted by molar-refractivity contribution is 9.10. The second kappa shape index (κ2) is 5.65. The minimum atomic E-state index is -1.20. The van der Waals surface area contributed by atoms with E-state index in [2.05, 4.69) is 20.9 Å². The molecule has 0 atom stereocenters. The molecule has 2 aromatic rings. The number of halogens is 1. The average Bonchev–Trinajstić information content (AvgIpc) is 2.37. The highest BCUT2D eigenvalue weighted by Gasteiger charge is 2.26. The second-order valence-corrected chi connectivity index (χ2v) is 5.35. The maximum absolute atomic E-state index is 11.6. The van der Waals surface area contributed by atoms with E-state index in [0.717, 1.165) is 0 Å². The number of aromatic carboxylic acids is 2. The van der Waals surface area contributed by atoms with E-state index in [0.29, 0.717) is 10.0 Å². The van der Waals surface area contributed by atoms with E-state index in [4.69, 9.17) is 0 Å². The number of aryl methyl sites for hydroxylation is 2. The largest absolute Gasteiger partial charge is 0.478 e. The Hall–Kier alpha value is -2.21. The van der Waals surface area contributed by atoms with Crippen molar-refractivity contribution >= 4 is 27.9 Å². The molecule has 0 saturated carbocycles. The van der Waals surface area contributed by atoms with E-state index in [1.54, 1.807) is 38.1 Å². The fraction of sp³-hybridized carbons (Fsp3) is 0.133. The van der Waals surface area contributed by atoms with Gasteiger partial charge in [-0.1, -0.05) is 34.1 Å². The Kier molecular flexibility index (Phi) is 4.09. The van der Waals surface area contributed by atoms with E-state index >= 15 is 0 Å². The number of hydrogen-bond acceptors (Lipinski definition) is 3. The summed E-state index contributed by atoms with van der Waals surface area (Å²) < 4.78 is 0.625. The fourth-order valence-corrected chi connectivity index (χ4v) is 2.79. The molecule has 6 heteroatoms. The van der Waals surface area contributed by atoms with Crippen LogP contribution >= 0.6 is 15.9 Å². The summed E-state index contributed by atoms with van der Waals surface area (Å²) in [7, 11) is 0. The molecule has 1 aromatic carbocycles. The zero-order chi connectivity index (χ0) is 15.7. The number of carboxylic acids is 2. The summed E-state index contributed by atoms with van der Waals surface area (Å²) in [6.45, 7) is 3.12. The van der Waals surface area contributed by atoms with Crippen LogP contribution in [0.1, 0.15) is 32.1 Å². The minimum absolute atomic E-state index is 0.0927. The lowest BCUT2D eigenvalue weighted by molar-refractivity contribution is 0.0695. The summed E-state index contributed by atoms with van der Waals surface area (Å²) in [5, 5.41) is 18.9. The number of nitrogens with zero attached hydrogens (tertiary/aromatic N) is 1. The summed E-state index contributed by atoms with van der Waals surface area (Å²) >= 11 is 3.34. The Bertz CT molecular complexity index is 717. The first-order valence-corrected chi connectivity index (χ1v) is 6.86. The lowest BCUT2D eigenvalue weighted by Crippen LogP contribution is -2.13. The SMILES string of the molecule is Cc1nc(C)c(C(=O)O)c(-c2ccccc2Br)c1C(=O)O. The van der Waals surface area contributed by atoms with Crippen molar-refractivity contribution in [2.45, 2.75) is 13.8 Å². The van der Waals surface area contributed by atoms with Crippen molar-refractivity contribution in [2.75, 3.05) is 0 Å². The van der Waals surface area contributed by atoms with Crippen molar-refractivity contribution in [1.82, 2.24) is 4.98 Å². The fourth-order valence-electron chi connectivity index (χ4n) is 2.31. The average molecular weight is 350 g/mol. The molecule has 2 N–H and O–H groups in total. The summed E-state index contributed by atoms with van der Waals surface area (Å²) in [6, 6.07) is 6.91. The topological polar surface area (TPSA) is 87.5 Å². The van der Waals surface area contributed by atoms with E-state index in [1.165, 1.54) is 0 Å². The molecule has 0 aliphatic heterocycles. The second-order valence-electron chi connectivity index (χ2n) is 4.50. The van der Waals surface area contributed by atoms with Crippen molar-refractivity contribution < 1.29 is 19.8 Å². The van der Waals surface area contributed by atoms with Crippen LogP contribution in [0.2, 0.25) is 0 Å². The smallest absolute Gasteiger partial charge is 0.338 e. The normalized spacial score (nSPS) is 10.4. The standard InChI is InChI=1S/C15H12BrNO4/c1-7-11(14(18)19)13(9-5-3-4-6-10(9)16)12(15(20)21)8(2)17-7/h3-6H,1-2H3,(H,18,19)(H,20,21). The Morgan fingerprint density at radius 2 is 1.48 bits per heavy atom. The van der Waals surface area contributed by atoms with Crippen LogP contribution in [0.5, 0.6) is 0 Å². The Morgan fingerprint density at radius 1 is 1.00 bits per heavy atom. The summed E-state index contributed by atoms with van der Waals surface area (Å²) in [5.41, 5.74) is 1.08. The molecule has 0 amide bonds. The van der Waals surface area contributed by atoms with E-state index in [9.17, 15) is 19.8 Å². The lowest BCUT2D eigenvalue weighted by atomic mass is 9.92. The van der Waals surface area contributed by atoms with Crippen LogP contribution in [-0.4, -0.2) is 27.1 Å². The van der Waals surface area contributed by atoms with Gasteiger partial charge in [0.05, 0.1) is 22.5 Å². The number of carbonyl (C=O) groups is 2. The molecule has 108 valence electrons. The summed E-state index contributed by atoms with van der Waals surface area (Å²) in [4.78, 5) is 27.2. The van der Waals surface area contributed by atoms with Gasteiger partial charge in [0.2, 0.25) is 0 Å². The monoisotopic (exact) mass is 349 g/mol. The van der Waals surface area contributed by atoms with Crippen LogP contribution in [0.3, 0.4) is 0 Å². The molecular formula is C15H12BrNO4. The van der Waals surface area contributed by atoms with Crippen molar-refractivity contribution in [2.24, 2.45) is 0 Å². The molecule has 1 aromatic heterocycles. The number of aromatic nitrogens is 1. The highest BCUT2D eigenvalue weighted by Crippen LogP contribution is 2.35. The van der Waals surface area contributed by atoms with Crippen LogP contribution in [0.25, 0.3) is 11.1 Å². The van der Waals surface area contributed by atoms with Gasteiger partial charge in [0.15, 0.2) is 0 Å². The van der Waals surface area contributed by atoms with E-state index in [1.807, 2.05) is 0 Å². The molecule has 5 nitrogen and oxygen atoms in total. The van der Waals surface area contributed by atoms with Gasteiger partial charge in [-0.2, -0.15) is 0 Å². The summed E-state index contributed by atoms with van der Waals surface area (Å²) in [5.74, 6) is -2.40. The maximum Gasteiger partial charge on any atom is 0.338 e. The highest BCUT2D eigenvalue weighted by atomic mass is 79.9. The third-order valence-electron chi connectivity index (χ3n) is 3.13. The Morgan fingerprint density at radius 3 is 1.90 bits per heavy atom. The molecule has 0 radical (unpaired) electrons. The molecule has 0 unspecified atom stereocenters. The van der Waals surface area contributed by atoms with Crippen LogP contribution in [-0.2, 0) is 0 Å². The van der Waals surface area contributed by atoms with Crippen molar-refractivity contribution in [3.05, 3.63) is 51.3 Å². The lowest BCUT2D eigenvalue weighted by Gasteiger charge is -2.15. The van der Waals surface area contributed by atoms with Crippen molar-refractivity contribution in [1.29, 1.82) is 0 Å². The molecule has 2 rings (SSSR count). The first-order chi connectivity index (χ1) is 9.84. The zero-order valence-electron chi connectivity index (χ0n) is 11.3. The van der Waals surface area contributed by atoms with E-state index in [-0.39, 0.29) is 28.1 Å². The van der Waals surface area contributed by atoms with Gasteiger partial charge >= 0.3 is 11.9 Å². The molecule has 0 saturated heterocycles. The van der Waals surface area contributed by atoms with Crippen molar-refractivity contribution in [3.8, 4) is 11.1 Å². The van der Waals surface area contributed by atoms with Gasteiger partial charge in [-0.3, -0.25) is 4.98 Å². The molecule has 0 aliphatic rings. The number of pyridine rings is 1. The number of hydrogen-bond donors (Lipinski definition) is 2. The van der Waals surface area contributed by atoms with Gasteiger partial charge in [0.1, 0.15) is 0 Å². The van der Waals surface area contributed by atoms with Crippen LogP contribution in [0.15, 0.2) is 28.7 Å². The Labute approximate surface area is 129 Å². The van der Waals surface area contributed by atoms with Gasteiger partial charge in [0.25, 0.3) is 0 Å². The molecule has 1 heterocycles. The molecule has 21 heavy (non-hydrogen) atoms. The number of carboxylic acid groups (broad SMARTS) is 2. The Balaban J connectivity index is 3.00. The zero-order valence-corrected chi connectivity index (χ0v) is 12.9. The van der Waals surface area contributed by atoms with Gasteiger partial charge < -0.3 is 10.2 Å². The van der Waals surface area contributed by atoms with Gasteiger partial charge in [0, 0.05) is 10.0 Å². The number of rotatable bonds is 3. The predicted molar refractivity (Wildman–Crippen MR) is 80.8 cm³/mol. The first kappa shape index (κ1) is 15.2. The first-order valence-electron chi connectivity index (χ1n) is 6.07. The predicted octanol–water partition coefficient (Wildman–Crippen LogP) is 3.52. The van der Waals surface area contributed by atoms with Gasteiger partial charge in [-0.25, -0.2) is 9.59 Å². The molecular weight excluding hydrogens is 338 g/mol. The molecule has 0 bridgehead atoms. The van der Waals surface area contributed by atoms with Crippen LogP contribution < -0.4 is 0 Å². The third kappa shape index (κ3) is 2.67. The van der Waals surface area contributed by atoms with Gasteiger partial charge in [-0.15, -0.1) is 0 Å². The quantitative estimate of drug-likeness (QED) is 0.884. The van der Waals surface area contributed by atoms with Crippen molar-refractivity contribution in [3.63, 3.8) is 0 Å². The molecule has 0 aliphatic carbocycles. The minimum Gasteiger partial charge on any atom is -0.478 e. The maximum atomic E-state index is 11.6. The summed E-state index contributed by atoms with van der Waals surface area (Å²) in [6.07, 6.45) is 0. The van der Waals surface area contributed by atoms with Crippen LogP contribution in [0.4, 0.5) is 0 Å². The van der Waals surface area contributed by atoms with E-state index < -0.39 is 11.9 Å².